The van der Waals surface area contributed by atoms with E-state index in [4.69, 9.17) is 5.26 Å². The summed E-state index contributed by atoms with van der Waals surface area (Å²) in [7, 11) is 0. The number of nitrogens with zero attached hydrogens (tertiary/aromatic N) is 2. The molecule has 0 bridgehead atoms. The number of rotatable bonds is 3. The average Bonchev–Trinajstić information content (AvgIpc) is 3.31. The topological polar surface area (TPSA) is 48.7 Å². The minimum atomic E-state index is -4.47. The minimum Gasteiger partial charge on any atom is -0.339 e. The van der Waals surface area contributed by atoms with E-state index in [1.54, 1.807) is 12.1 Å². The van der Waals surface area contributed by atoms with Gasteiger partial charge in [0.1, 0.15) is 11.9 Å². The van der Waals surface area contributed by atoms with Crippen molar-refractivity contribution in [3.8, 4) is 6.07 Å². The van der Waals surface area contributed by atoms with E-state index in [2.05, 4.69) is 10.3 Å². The molecule has 112 valence electrons. The van der Waals surface area contributed by atoms with E-state index >= 15 is 0 Å². The van der Waals surface area contributed by atoms with Gasteiger partial charge in [-0.2, -0.15) is 18.4 Å². The molecule has 0 unspecified atom stereocenters. The van der Waals surface area contributed by atoms with Crippen LogP contribution in [0, 0.1) is 11.3 Å². The van der Waals surface area contributed by atoms with Gasteiger partial charge in [-0.05, 0) is 37.1 Å². The van der Waals surface area contributed by atoms with Crippen molar-refractivity contribution in [1.82, 2.24) is 4.98 Å². The number of para-hydroxylation sites is 1. The van der Waals surface area contributed by atoms with Crippen LogP contribution in [-0.2, 0) is 6.18 Å². The summed E-state index contributed by atoms with van der Waals surface area (Å²) >= 11 is 0. The highest BCUT2D eigenvalue weighted by atomic mass is 19.4. The zero-order valence-electron chi connectivity index (χ0n) is 11.5. The number of halogens is 3. The highest BCUT2D eigenvalue weighted by Crippen LogP contribution is 2.40. The fourth-order valence-corrected chi connectivity index (χ4v) is 2.23. The van der Waals surface area contributed by atoms with Gasteiger partial charge in [-0.1, -0.05) is 12.1 Å². The molecule has 1 aliphatic carbocycles. The molecule has 0 amide bonds. The van der Waals surface area contributed by atoms with E-state index in [0.29, 0.717) is 5.92 Å². The van der Waals surface area contributed by atoms with Crippen molar-refractivity contribution in [2.24, 2.45) is 0 Å². The van der Waals surface area contributed by atoms with Gasteiger partial charge in [0.2, 0.25) is 0 Å². The van der Waals surface area contributed by atoms with E-state index < -0.39 is 11.7 Å². The maximum atomic E-state index is 13.0. The lowest BCUT2D eigenvalue weighted by Crippen LogP contribution is -2.09. The van der Waals surface area contributed by atoms with Gasteiger partial charge in [0.05, 0.1) is 16.8 Å². The summed E-state index contributed by atoms with van der Waals surface area (Å²) in [4.78, 5) is 4.32. The number of hydrogen-bond donors (Lipinski definition) is 1. The monoisotopic (exact) mass is 303 g/mol. The second-order valence-corrected chi connectivity index (χ2v) is 5.19. The van der Waals surface area contributed by atoms with Crippen molar-refractivity contribution >= 4 is 11.5 Å². The number of pyridine rings is 1. The molecule has 2 aromatic rings. The predicted molar refractivity (Wildman–Crippen MR) is 75.7 cm³/mol. The molecule has 1 fully saturated rings. The van der Waals surface area contributed by atoms with Crippen LogP contribution in [0.3, 0.4) is 0 Å². The van der Waals surface area contributed by atoms with Crippen LogP contribution in [0.5, 0.6) is 0 Å². The molecular weight excluding hydrogens is 291 g/mol. The number of hydrogen-bond acceptors (Lipinski definition) is 3. The Labute approximate surface area is 125 Å². The van der Waals surface area contributed by atoms with Crippen LogP contribution in [0.25, 0.3) is 0 Å². The number of benzene rings is 1. The van der Waals surface area contributed by atoms with Gasteiger partial charge in [0.15, 0.2) is 0 Å². The Morgan fingerprint density at radius 1 is 1.14 bits per heavy atom. The molecule has 1 aliphatic rings. The smallest absolute Gasteiger partial charge is 0.339 e. The first-order chi connectivity index (χ1) is 10.5. The van der Waals surface area contributed by atoms with Crippen LogP contribution in [-0.4, -0.2) is 4.98 Å². The first-order valence-corrected chi connectivity index (χ1v) is 6.83. The maximum absolute atomic E-state index is 13.0. The minimum absolute atomic E-state index is 0.105. The molecule has 1 N–H and O–H groups in total. The van der Waals surface area contributed by atoms with Crippen molar-refractivity contribution in [2.75, 3.05) is 5.32 Å². The third-order valence-corrected chi connectivity index (χ3v) is 3.52. The Balaban J connectivity index is 2.00. The summed E-state index contributed by atoms with van der Waals surface area (Å²) in [5.41, 5.74) is 0.150. The molecule has 3 nitrogen and oxygen atoms in total. The van der Waals surface area contributed by atoms with Crippen molar-refractivity contribution in [2.45, 2.75) is 24.9 Å². The normalized spacial score (nSPS) is 14.5. The van der Waals surface area contributed by atoms with E-state index in [0.717, 1.165) is 24.6 Å². The number of nitriles is 1. The Kier molecular flexibility index (Phi) is 3.49. The summed E-state index contributed by atoms with van der Waals surface area (Å²) < 4.78 is 39.1. The predicted octanol–water partition coefficient (Wildman–Crippen LogP) is 4.59. The standard InChI is InChI=1S/C16H12F3N3/c17-16(18,19)12-3-1-2-4-14(12)22-15-11(9-20)7-8-13(21-15)10-5-6-10/h1-4,7-8,10H,5-6H2,(H,21,22). The number of alkyl halides is 3. The molecule has 1 aromatic heterocycles. The molecule has 0 radical (unpaired) electrons. The molecule has 0 saturated heterocycles. The highest BCUT2D eigenvalue weighted by molar-refractivity contribution is 5.66. The van der Waals surface area contributed by atoms with Crippen molar-refractivity contribution in [3.63, 3.8) is 0 Å². The van der Waals surface area contributed by atoms with Crippen LogP contribution in [0.2, 0.25) is 0 Å². The van der Waals surface area contributed by atoms with Crippen molar-refractivity contribution < 1.29 is 13.2 Å². The van der Waals surface area contributed by atoms with Crippen molar-refractivity contribution in [3.05, 3.63) is 53.2 Å². The zero-order chi connectivity index (χ0) is 15.7. The summed E-state index contributed by atoms with van der Waals surface area (Å²) in [5, 5.41) is 11.8. The van der Waals surface area contributed by atoms with Crippen LogP contribution in [0.1, 0.15) is 35.6 Å². The fourth-order valence-electron chi connectivity index (χ4n) is 2.23. The lowest BCUT2D eigenvalue weighted by atomic mass is 10.1. The molecular formula is C16H12F3N3. The Morgan fingerprint density at radius 2 is 1.86 bits per heavy atom. The fraction of sp³-hybridized carbons (Fsp3) is 0.250. The molecule has 1 aromatic carbocycles. The number of anilines is 2. The van der Waals surface area contributed by atoms with E-state index in [1.807, 2.05) is 6.07 Å². The summed E-state index contributed by atoms with van der Waals surface area (Å²) in [6.45, 7) is 0. The first kappa shape index (κ1) is 14.4. The van der Waals surface area contributed by atoms with Gasteiger partial charge in [-0.15, -0.1) is 0 Å². The third-order valence-electron chi connectivity index (χ3n) is 3.52. The van der Waals surface area contributed by atoms with Crippen LogP contribution in [0.15, 0.2) is 36.4 Å². The molecule has 0 spiro atoms. The maximum Gasteiger partial charge on any atom is 0.418 e. The summed E-state index contributed by atoms with van der Waals surface area (Å²) in [6.07, 6.45) is -2.42. The summed E-state index contributed by atoms with van der Waals surface area (Å²) in [6, 6.07) is 10.5. The van der Waals surface area contributed by atoms with Crippen LogP contribution >= 0.6 is 0 Å². The zero-order valence-corrected chi connectivity index (χ0v) is 11.5. The lowest BCUT2D eigenvalue weighted by Gasteiger charge is -2.15. The van der Waals surface area contributed by atoms with Gasteiger partial charge >= 0.3 is 6.18 Å². The largest absolute Gasteiger partial charge is 0.418 e. The molecule has 3 rings (SSSR count). The van der Waals surface area contributed by atoms with Gasteiger partial charge < -0.3 is 5.32 Å². The van der Waals surface area contributed by atoms with Gasteiger partial charge in [0, 0.05) is 11.6 Å². The quantitative estimate of drug-likeness (QED) is 0.902. The van der Waals surface area contributed by atoms with Crippen LogP contribution in [0.4, 0.5) is 24.7 Å². The SMILES string of the molecule is N#Cc1ccc(C2CC2)nc1Nc1ccccc1C(F)(F)F. The molecule has 6 heteroatoms. The van der Waals surface area contributed by atoms with E-state index in [9.17, 15) is 13.2 Å². The third kappa shape index (κ3) is 2.89. The second-order valence-electron chi connectivity index (χ2n) is 5.19. The Morgan fingerprint density at radius 3 is 2.50 bits per heavy atom. The van der Waals surface area contributed by atoms with Gasteiger partial charge in [-0.25, -0.2) is 4.98 Å². The van der Waals surface area contributed by atoms with Gasteiger partial charge in [0.25, 0.3) is 0 Å². The molecule has 0 aliphatic heterocycles. The second kappa shape index (κ2) is 5.34. The number of nitrogens with one attached hydrogen (secondary N) is 1. The molecule has 22 heavy (non-hydrogen) atoms. The lowest BCUT2D eigenvalue weighted by molar-refractivity contribution is -0.136. The molecule has 1 saturated carbocycles. The number of aromatic nitrogens is 1. The van der Waals surface area contributed by atoms with E-state index in [-0.39, 0.29) is 17.1 Å². The van der Waals surface area contributed by atoms with Crippen LogP contribution < -0.4 is 5.32 Å². The molecule has 0 atom stereocenters. The Hall–Kier alpha value is -2.55. The Bertz CT molecular complexity index is 743. The molecule has 1 heterocycles. The van der Waals surface area contributed by atoms with Gasteiger partial charge in [-0.3, -0.25) is 0 Å². The summed E-state index contributed by atoms with van der Waals surface area (Å²) in [5.74, 6) is 0.523. The van der Waals surface area contributed by atoms with Crippen molar-refractivity contribution in [1.29, 1.82) is 5.26 Å². The van der Waals surface area contributed by atoms with E-state index in [1.165, 1.54) is 18.2 Å². The highest BCUT2D eigenvalue weighted by Gasteiger charge is 2.33. The average molecular weight is 303 g/mol. The first-order valence-electron chi connectivity index (χ1n) is 6.83.